The van der Waals surface area contributed by atoms with Gasteiger partial charge in [-0.25, -0.2) is 9.67 Å². The summed E-state index contributed by atoms with van der Waals surface area (Å²) >= 11 is 5.93. The van der Waals surface area contributed by atoms with Crippen LogP contribution in [0, 0.1) is 0 Å². The molecule has 2 heterocycles. The van der Waals surface area contributed by atoms with E-state index in [4.69, 9.17) is 11.6 Å². The highest BCUT2D eigenvalue weighted by atomic mass is 35.5. The van der Waals surface area contributed by atoms with Gasteiger partial charge in [0.15, 0.2) is 5.15 Å². The average molecular weight is 238 g/mol. The Balaban J connectivity index is 2.57. The molecule has 0 aromatic carbocycles. The Morgan fingerprint density at radius 2 is 2.25 bits per heavy atom. The largest absolute Gasteiger partial charge is 0.295 e. The predicted octanol–water partition coefficient (Wildman–Crippen LogP) is 2.34. The Hall–Kier alpha value is -1.55. The van der Waals surface area contributed by atoms with Crippen molar-refractivity contribution >= 4 is 11.6 Å². The van der Waals surface area contributed by atoms with Gasteiger partial charge >= 0.3 is 0 Å². The van der Waals surface area contributed by atoms with Crippen LogP contribution in [0.4, 0.5) is 0 Å². The Morgan fingerprint density at radius 3 is 2.81 bits per heavy atom. The van der Waals surface area contributed by atoms with Gasteiger partial charge < -0.3 is 0 Å². The maximum absolute atomic E-state index is 11.7. The highest BCUT2D eigenvalue weighted by Crippen LogP contribution is 2.16. The summed E-state index contributed by atoms with van der Waals surface area (Å²) < 4.78 is 1.41. The second kappa shape index (κ2) is 4.14. The lowest BCUT2D eigenvalue weighted by atomic mass is 10.1. The van der Waals surface area contributed by atoms with Crippen LogP contribution in [0.2, 0.25) is 5.15 Å². The highest BCUT2D eigenvalue weighted by molar-refractivity contribution is 6.31. The van der Waals surface area contributed by atoms with Crippen molar-refractivity contribution in [1.29, 1.82) is 0 Å². The van der Waals surface area contributed by atoms with E-state index in [1.165, 1.54) is 4.68 Å². The van der Waals surface area contributed by atoms with Crippen LogP contribution in [0.25, 0.3) is 5.69 Å². The summed E-state index contributed by atoms with van der Waals surface area (Å²) in [6.07, 6.45) is 1.59. The third-order valence-corrected chi connectivity index (χ3v) is 2.63. The van der Waals surface area contributed by atoms with Gasteiger partial charge in [-0.3, -0.25) is 9.89 Å². The maximum Gasteiger partial charge on any atom is 0.271 e. The molecule has 0 aliphatic heterocycles. The zero-order chi connectivity index (χ0) is 11.7. The highest BCUT2D eigenvalue weighted by Gasteiger charge is 2.10. The number of hydrogen-bond acceptors (Lipinski definition) is 2. The number of pyridine rings is 1. The quantitative estimate of drug-likeness (QED) is 0.815. The molecule has 84 valence electrons. The fourth-order valence-electron chi connectivity index (χ4n) is 1.43. The summed E-state index contributed by atoms with van der Waals surface area (Å²) in [5.41, 5.74) is 1.32. The Bertz CT molecular complexity index is 556. The number of nitrogens with one attached hydrogen (secondary N) is 1. The van der Waals surface area contributed by atoms with E-state index in [0.29, 0.717) is 10.8 Å². The summed E-state index contributed by atoms with van der Waals surface area (Å²) in [7, 11) is 0. The number of H-pyrrole nitrogens is 1. The number of rotatable bonds is 2. The van der Waals surface area contributed by atoms with Gasteiger partial charge in [0.2, 0.25) is 0 Å². The molecule has 4 nitrogen and oxygen atoms in total. The third-order valence-electron chi connectivity index (χ3n) is 2.34. The molecule has 0 saturated carbocycles. The molecular weight excluding hydrogens is 226 g/mol. The van der Waals surface area contributed by atoms with Crippen LogP contribution >= 0.6 is 11.6 Å². The second-order valence-electron chi connectivity index (χ2n) is 3.85. The molecule has 0 amide bonds. The minimum absolute atomic E-state index is 0.126. The third kappa shape index (κ3) is 1.88. The average Bonchev–Trinajstić information content (AvgIpc) is 2.61. The van der Waals surface area contributed by atoms with Crippen molar-refractivity contribution < 1.29 is 0 Å². The Morgan fingerprint density at radius 1 is 1.50 bits per heavy atom. The molecule has 0 atom stereocenters. The van der Waals surface area contributed by atoms with Crippen LogP contribution in [0.5, 0.6) is 0 Å². The van der Waals surface area contributed by atoms with E-state index in [2.05, 4.69) is 10.1 Å². The number of halogens is 1. The van der Waals surface area contributed by atoms with Crippen molar-refractivity contribution in [3.05, 3.63) is 45.6 Å². The fraction of sp³-hybridized carbons (Fsp3) is 0.273. The van der Waals surface area contributed by atoms with Crippen molar-refractivity contribution in [2.75, 3.05) is 0 Å². The molecule has 0 spiro atoms. The van der Waals surface area contributed by atoms with Crippen molar-refractivity contribution in [3.8, 4) is 5.69 Å². The molecule has 2 rings (SSSR count). The van der Waals surface area contributed by atoms with Crippen LogP contribution in [0.3, 0.4) is 0 Å². The molecule has 2 aromatic rings. The van der Waals surface area contributed by atoms with Gasteiger partial charge in [0, 0.05) is 18.0 Å². The van der Waals surface area contributed by atoms with Crippen molar-refractivity contribution in [2.45, 2.75) is 19.8 Å². The molecule has 2 aromatic heterocycles. The van der Waals surface area contributed by atoms with Gasteiger partial charge in [-0.1, -0.05) is 25.4 Å². The monoisotopic (exact) mass is 237 g/mol. The summed E-state index contributed by atoms with van der Waals surface area (Å²) in [5.74, 6) is 0.268. The molecule has 0 aliphatic rings. The van der Waals surface area contributed by atoms with E-state index in [1.807, 2.05) is 13.8 Å². The molecule has 5 heteroatoms. The lowest BCUT2D eigenvalue weighted by molar-refractivity contribution is 0.759. The van der Waals surface area contributed by atoms with Crippen molar-refractivity contribution in [2.24, 2.45) is 0 Å². The summed E-state index contributed by atoms with van der Waals surface area (Å²) in [4.78, 5) is 15.7. The lowest BCUT2D eigenvalue weighted by Crippen LogP contribution is -2.14. The zero-order valence-corrected chi connectivity index (χ0v) is 9.82. The Kier molecular flexibility index (Phi) is 2.83. The molecule has 1 N–H and O–H groups in total. The number of hydrogen-bond donors (Lipinski definition) is 1. The maximum atomic E-state index is 11.7. The molecule has 16 heavy (non-hydrogen) atoms. The normalized spacial score (nSPS) is 11.0. The first-order valence-electron chi connectivity index (χ1n) is 5.02. The van der Waals surface area contributed by atoms with Crippen LogP contribution < -0.4 is 5.56 Å². The summed E-state index contributed by atoms with van der Waals surface area (Å²) in [5, 5.41) is 3.32. The van der Waals surface area contributed by atoms with Gasteiger partial charge in [0.1, 0.15) is 5.69 Å². The fourth-order valence-corrected chi connectivity index (χ4v) is 1.64. The molecular formula is C11H12ClN3O. The van der Waals surface area contributed by atoms with Gasteiger partial charge in [-0.2, -0.15) is 0 Å². The van der Waals surface area contributed by atoms with Crippen LogP contribution in [-0.2, 0) is 0 Å². The molecule has 0 radical (unpaired) electrons. The smallest absolute Gasteiger partial charge is 0.271 e. The van der Waals surface area contributed by atoms with Crippen LogP contribution in [0.15, 0.2) is 29.2 Å². The van der Waals surface area contributed by atoms with Crippen LogP contribution in [0.1, 0.15) is 25.5 Å². The van der Waals surface area contributed by atoms with E-state index >= 15 is 0 Å². The van der Waals surface area contributed by atoms with E-state index < -0.39 is 0 Å². The van der Waals surface area contributed by atoms with Crippen molar-refractivity contribution in [3.63, 3.8) is 0 Å². The standard InChI is InChI=1S/C11H12ClN3O/c1-7(2)8-6-10(16)15(14-8)9-4-3-5-13-11(9)12/h3-7,14H,1-2H3. The lowest BCUT2D eigenvalue weighted by Gasteiger charge is -2.04. The molecule has 0 aliphatic carbocycles. The first-order valence-corrected chi connectivity index (χ1v) is 5.40. The zero-order valence-electron chi connectivity index (χ0n) is 9.07. The minimum atomic E-state index is -0.126. The van der Waals surface area contributed by atoms with Crippen molar-refractivity contribution in [1.82, 2.24) is 14.8 Å². The van der Waals surface area contributed by atoms with Gasteiger partial charge in [0.25, 0.3) is 5.56 Å². The Labute approximate surface area is 97.9 Å². The van der Waals surface area contributed by atoms with E-state index in [1.54, 1.807) is 24.4 Å². The molecule has 0 bridgehead atoms. The first kappa shape index (κ1) is 11.0. The van der Waals surface area contributed by atoms with E-state index in [-0.39, 0.29) is 11.5 Å². The van der Waals surface area contributed by atoms with Gasteiger partial charge in [-0.05, 0) is 18.1 Å². The molecule has 0 saturated heterocycles. The number of nitrogens with zero attached hydrogens (tertiary/aromatic N) is 2. The summed E-state index contributed by atoms with van der Waals surface area (Å²) in [6.45, 7) is 4.03. The number of aromatic amines is 1. The topological polar surface area (TPSA) is 50.7 Å². The minimum Gasteiger partial charge on any atom is -0.295 e. The summed E-state index contributed by atoms with van der Waals surface area (Å²) in [6, 6.07) is 5.06. The molecule has 0 unspecified atom stereocenters. The van der Waals surface area contributed by atoms with E-state index in [0.717, 1.165) is 5.69 Å². The molecule has 0 fully saturated rings. The predicted molar refractivity (Wildman–Crippen MR) is 63.3 cm³/mol. The van der Waals surface area contributed by atoms with E-state index in [9.17, 15) is 4.79 Å². The SMILES string of the molecule is CC(C)c1cc(=O)n(-c2cccnc2Cl)[nH]1. The van der Waals surface area contributed by atoms with Gasteiger partial charge in [-0.15, -0.1) is 0 Å². The van der Waals surface area contributed by atoms with Crippen LogP contribution in [-0.4, -0.2) is 14.8 Å². The first-order chi connectivity index (χ1) is 7.59. The van der Waals surface area contributed by atoms with Gasteiger partial charge in [0.05, 0.1) is 0 Å². The number of aromatic nitrogens is 3. The second-order valence-corrected chi connectivity index (χ2v) is 4.21.